The molecule has 7 heteroatoms. The molecule has 7 nitrogen and oxygen atoms in total. The van der Waals surface area contributed by atoms with Crippen LogP contribution in [0.2, 0.25) is 0 Å². The quantitative estimate of drug-likeness (QED) is 0.702. The molecule has 0 bridgehead atoms. The van der Waals surface area contributed by atoms with Crippen molar-refractivity contribution in [3.63, 3.8) is 0 Å². The van der Waals surface area contributed by atoms with Crippen molar-refractivity contribution in [3.05, 3.63) is 36.4 Å². The van der Waals surface area contributed by atoms with Gasteiger partial charge < -0.3 is 4.90 Å². The fourth-order valence-corrected chi connectivity index (χ4v) is 2.31. The van der Waals surface area contributed by atoms with Gasteiger partial charge in [0.1, 0.15) is 17.4 Å². The van der Waals surface area contributed by atoms with Gasteiger partial charge in [-0.25, -0.2) is 14.6 Å². The third-order valence-electron chi connectivity index (χ3n) is 3.54. The van der Waals surface area contributed by atoms with Gasteiger partial charge >= 0.3 is 0 Å². The van der Waals surface area contributed by atoms with Crippen molar-refractivity contribution >= 4 is 17.0 Å². The molecule has 3 aromatic heterocycles. The van der Waals surface area contributed by atoms with Crippen LogP contribution in [0, 0.1) is 11.3 Å². The molecule has 0 aromatic carbocycles. The van der Waals surface area contributed by atoms with Crippen LogP contribution in [0.25, 0.3) is 16.9 Å². The Balaban J connectivity index is 1.92. The number of anilines is 1. The molecule has 0 N–H and O–H groups in total. The Bertz CT molecular complexity index is 843. The fraction of sp³-hybridized carbons (Fsp3) is 0.214. The zero-order valence-electron chi connectivity index (χ0n) is 11.1. The van der Waals surface area contributed by atoms with Crippen molar-refractivity contribution in [1.82, 2.24) is 24.7 Å². The molecule has 4 heterocycles. The molecule has 1 aliphatic heterocycles. The molecule has 1 fully saturated rings. The van der Waals surface area contributed by atoms with E-state index in [1.807, 2.05) is 12.1 Å². The molecule has 102 valence electrons. The molecule has 0 atom stereocenters. The monoisotopic (exact) mass is 277 g/mol. The molecule has 0 radical (unpaired) electrons. The summed E-state index contributed by atoms with van der Waals surface area (Å²) in [7, 11) is 0. The second kappa shape index (κ2) is 4.52. The van der Waals surface area contributed by atoms with Gasteiger partial charge in [-0.15, -0.1) is 0 Å². The van der Waals surface area contributed by atoms with Gasteiger partial charge in [0.2, 0.25) is 0 Å². The van der Waals surface area contributed by atoms with E-state index in [0.717, 1.165) is 24.6 Å². The van der Waals surface area contributed by atoms with Gasteiger partial charge in [-0.1, -0.05) is 0 Å². The number of nitriles is 1. The Morgan fingerprint density at radius 3 is 2.81 bits per heavy atom. The molecule has 21 heavy (non-hydrogen) atoms. The Labute approximate surface area is 120 Å². The summed E-state index contributed by atoms with van der Waals surface area (Å²) in [4.78, 5) is 15.2. The second-order valence-electron chi connectivity index (χ2n) is 4.82. The van der Waals surface area contributed by atoms with E-state index in [-0.39, 0.29) is 5.69 Å². The number of fused-ring (bicyclic) bond motifs is 1. The van der Waals surface area contributed by atoms with Crippen molar-refractivity contribution in [2.75, 3.05) is 18.0 Å². The summed E-state index contributed by atoms with van der Waals surface area (Å²) in [5.41, 5.74) is 2.15. The first-order valence-corrected chi connectivity index (χ1v) is 6.68. The summed E-state index contributed by atoms with van der Waals surface area (Å²) in [6.45, 7) is 1.97. The maximum absolute atomic E-state index is 9.27. The van der Waals surface area contributed by atoms with Gasteiger partial charge in [0.25, 0.3) is 0 Å². The molecule has 0 spiro atoms. The zero-order chi connectivity index (χ0) is 14.2. The molecule has 1 aliphatic rings. The smallest absolute Gasteiger partial charge is 0.190 e. The Morgan fingerprint density at radius 2 is 2.14 bits per heavy atom. The van der Waals surface area contributed by atoms with Gasteiger partial charge in [0, 0.05) is 19.3 Å². The highest BCUT2D eigenvalue weighted by Crippen LogP contribution is 2.23. The normalized spacial score (nSPS) is 14.0. The lowest BCUT2D eigenvalue weighted by molar-refractivity contribution is 0.609. The van der Waals surface area contributed by atoms with Crippen LogP contribution in [0.15, 0.2) is 30.7 Å². The van der Waals surface area contributed by atoms with Gasteiger partial charge in [-0.3, -0.25) is 4.98 Å². The van der Waals surface area contributed by atoms with Crippen molar-refractivity contribution in [3.8, 4) is 11.8 Å². The molecule has 0 aliphatic carbocycles. The van der Waals surface area contributed by atoms with Gasteiger partial charge in [0.05, 0.1) is 18.1 Å². The SMILES string of the molecule is N#Cc1nn(-c2cccnc2)c2ncc(N3CCC3)nc12. The zero-order valence-corrected chi connectivity index (χ0v) is 11.1. The van der Waals surface area contributed by atoms with E-state index in [1.54, 1.807) is 23.3 Å². The topological polar surface area (TPSA) is 83.5 Å². The van der Waals surface area contributed by atoms with Crippen molar-refractivity contribution in [2.45, 2.75) is 6.42 Å². The number of nitrogens with zero attached hydrogens (tertiary/aromatic N) is 7. The number of rotatable bonds is 2. The number of pyridine rings is 1. The second-order valence-corrected chi connectivity index (χ2v) is 4.82. The third kappa shape index (κ3) is 1.80. The van der Waals surface area contributed by atoms with Gasteiger partial charge in [-0.2, -0.15) is 10.4 Å². The van der Waals surface area contributed by atoms with Gasteiger partial charge in [-0.05, 0) is 18.6 Å². The number of hydrogen-bond donors (Lipinski definition) is 0. The van der Waals surface area contributed by atoms with Crippen molar-refractivity contribution < 1.29 is 0 Å². The molecular formula is C14H11N7. The lowest BCUT2D eigenvalue weighted by Crippen LogP contribution is -2.37. The molecule has 0 saturated carbocycles. The van der Waals surface area contributed by atoms with Gasteiger partial charge in [0.15, 0.2) is 11.3 Å². The predicted octanol–water partition coefficient (Wildman–Crippen LogP) is 1.29. The van der Waals surface area contributed by atoms with Crippen LogP contribution in [-0.4, -0.2) is 37.8 Å². The minimum atomic E-state index is 0.281. The van der Waals surface area contributed by atoms with Crippen molar-refractivity contribution in [1.29, 1.82) is 5.26 Å². The summed E-state index contributed by atoms with van der Waals surface area (Å²) in [5, 5.41) is 13.6. The van der Waals surface area contributed by atoms with E-state index in [0.29, 0.717) is 11.2 Å². The summed E-state index contributed by atoms with van der Waals surface area (Å²) < 4.78 is 1.60. The van der Waals surface area contributed by atoms with Crippen LogP contribution < -0.4 is 4.90 Å². The highest BCUT2D eigenvalue weighted by molar-refractivity contribution is 5.79. The minimum absolute atomic E-state index is 0.281. The molecule has 3 aromatic rings. The molecule has 0 amide bonds. The van der Waals surface area contributed by atoms with E-state index in [4.69, 9.17) is 0 Å². The predicted molar refractivity (Wildman–Crippen MR) is 76.0 cm³/mol. The highest BCUT2D eigenvalue weighted by Gasteiger charge is 2.20. The van der Waals surface area contributed by atoms with E-state index in [1.165, 1.54) is 6.42 Å². The molecule has 4 rings (SSSR count). The van der Waals surface area contributed by atoms with E-state index >= 15 is 0 Å². The Kier molecular flexibility index (Phi) is 2.54. The fourth-order valence-electron chi connectivity index (χ4n) is 2.31. The maximum atomic E-state index is 9.27. The largest absolute Gasteiger partial charge is 0.355 e. The standard InChI is InChI=1S/C14H11N7/c15-7-11-13-14(17-9-12(18-13)20-5-2-6-20)21(19-11)10-3-1-4-16-8-10/h1,3-4,8-9H,2,5-6H2. The summed E-state index contributed by atoms with van der Waals surface area (Å²) >= 11 is 0. The number of hydrogen-bond acceptors (Lipinski definition) is 6. The number of aromatic nitrogens is 5. The summed E-state index contributed by atoms with van der Waals surface area (Å²) in [5.74, 6) is 0.802. The van der Waals surface area contributed by atoms with Crippen LogP contribution in [0.3, 0.4) is 0 Å². The summed E-state index contributed by atoms with van der Waals surface area (Å²) in [6.07, 6.45) is 6.27. The first kappa shape index (κ1) is 11.8. The average molecular weight is 277 g/mol. The minimum Gasteiger partial charge on any atom is -0.355 e. The summed E-state index contributed by atoms with van der Waals surface area (Å²) in [6, 6.07) is 5.77. The highest BCUT2D eigenvalue weighted by atomic mass is 15.3. The van der Waals surface area contributed by atoms with Crippen LogP contribution in [0.5, 0.6) is 0 Å². The average Bonchev–Trinajstić information content (AvgIpc) is 2.84. The van der Waals surface area contributed by atoms with E-state index in [9.17, 15) is 5.26 Å². The first-order valence-electron chi connectivity index (χ1n) is 6.68. The van der Waals surface area contributed by atoms with E-state index < -0.39 is 0 Å². The molecule has 0 unspecified atom stereocenters. The van der Waals surface area contributed by atoms with Crippen LogP contribution in [-0.2, 0) is 0 Å². The van der Waals surface area contributed by atoms with Crippen molar-refractivity contribution in [2.24, 2.45) is 0 Å². The van der Waals surface area contributed by atoms with Crippen LogP contribution in [0.1, 0.15) is 12.1 Å². The lowest BCUT2D eigenvalue weighted by Gasteiger charge is -2.31. The Morgan fingerprint density at radius 1 is 1.24 bits per heavy atom. The van der Waals surface area contributed by atoms with Crippen LogP contribution in [0.4, 0.5) is 5.82 Å². The van der Waals surface area contributed by atoms with Crippen LogP contribution >= 0.6 is 0 Å². The first-order chi connectivity index (χ1) is 10.4. The maximum Gasteiger partial charge on any atom is 0.190 e. The van der Waals surface area contributed by atoms with E-state index in [2.05, 4.69) is 31.0 Å². The third-order valence-corrected chi connectivity index (χ3v) is 3.54. The molecular weight excluding hydrogens is 266 g/mol. The molecule has 1 saturated heterocycles. The lowest BCUT2D eigenvalue weighted by atomic mass is 10.2. The Hall–Kier alpha value is -3.01.